The number of hydrogen-bond acceptors (Lipinski definition) is 0. The normalized spacial score (nSPS) is 11.3. The Morgan fingerprint density at radius 1 is 0.361 bits per heavy atom. The number of aryl methyl sites for hydroxylation is 2. The van der Waals surface area contributed by atoms with Gasteiger partial charge in [-0.15, -0.1) is 0 Å². The summed E-state index contributed by atoms with van der Waals surface area (Å²) >= 11 is -0.0561. The third-order valence-corrected chi connectivity index (χ3v) is 10.1. The highest BCUT2D eigenvalue weighted by atomic mass is 127. The van der Waals surface area contributed by atoms with Crippen LogP contribution in [0, 0.1) is 7.14 Å². The Hall–Kier alpha value is -0.830. The third-order valence-electron chi connectivity index (χ3n) is 7.43. The predicted octanol–water partition coefficient (Wildman–Crippen LogP) is 8.35. The van der Waals surface area contributed by atoms with Crippen LogP contribution in [0.15, 0.2) is 48.5 Å². The zero-order valence-corrected chi connectivity index (χ0v) is 26.0. The van der Waals surface area contributed by atoms with Crippen LogP contribution in [0.25, 0.3) is 0 Å². The molecule has 0 N–H and O–H groups in total. The smallest absolute Gasteiger partial charge is 0.0654 e. The van der Waals surface area contributed by atoms with Crippen LogP contribution in [0.3, 0.4) is 0 Å². The molecule has 36 heavy (non-hydrogen) atoms. The summed E-state index contributed by atoms with van der Waals surface area (Å²) in [5, 5.41) is 0. The van der Waals surface area contributed by atoms with Crippen LogP contribution in [-0.4, -0.2) is 0 Å². The maximum Gasteiger partial charge on any atom is 0.357 e. The molecule has 2 aromatic rings. The number of hydrogen-bond donors (Lipinski definition) is 0. The summed E-state index contributed by atoms with van der Waals surface area (Å²) in [6, 6.07) is 19.1. The molecule has 0 aliphatic rings. The van der Waals surface area contributed by atoms with Crippen molar-refractivity contribution in [3.63, 3.8) is 0 Å². The predicted molar refractivity (Wildman–Crippen MR) is 157 cm³/mol. The number of unbranched alkanes of at least 4 members (excludes halogenated alkanes) is 17. The van der Waals surface area contributed by atoms with Crippen LogP contribution < -0.4 is 21.2 Å². The fraction of sp³-hybridized carbons (Fsp3) is 0.657. The van der Waals surface area contributed by atoms with E-state index in [-0.39, 0.29) is 21.2 Å². The van der Waals surface area contributed by atoms with Gasteiger partial charge in [-0.25, -0.2) is 0 Å². The second-order valence-electron chi connectivity index (χ2n) is 10.9. The summed E-state index contributed by atoms with van der Waals surface area (Å²) in [4.78, 5) is 0. The molecule has 0 aliphatic heterocycles. The van der Waals surface area contributed by atoms with Gasteiger partial charge >= 0.3 is 21.2 Å². The molecule has 0 amide bonds. The van der Waals surface area contributed by atoms with Gasteiger partial charge in [-0.1, -0.05) is 147 Å². The lowest BCUT2D eigenvalue weighted by atomic mass is 10.0. The highest BCUT2D eigenvalue weighted by Gasteiger charge is 2.15. The summed E-state index contributed by atoms with van der Waals surface area (Å²) in [5.41, 5.74) is 3.05. The minimum absolute atomic E-state index is 0.0561. The van der Waals surface area contributed by atoms with Crippen molar-refractivity contribution in [2.75, 3.05) is 0 Å². The van der Waals surface area contributed by atoms with Crippen molar-refractivity contribution in [3.8, 4) is 0 Å². The van der Waals surface area contributed by atoms with Gasteiger partial charge in [0.15, 0.2) is 7.14 Å². The highest BCUT2D eigenvalue weighted by Crippen LogP contribution is 2.13. The van der Waals surface area contributed by atoms with Gasteiger partial charge in [-0.2, -0.15) is 0 Å². The van der Waals surface area contributed by atoms with E-state index >= 15 is 0 Å². The molecule has 0 nitrogen and oxygen atoms in total. The van der Waals surface area contributed by atoms with E-state index in [0.717, 1.165) is 0 Å². The largest absolute Gasteiger partial charge is 0.357 e. The first-order valence-corrected chi connectivity index (χ1v) is 17.8. The Balaban J connectivity index is 1.52. The summed E-state index contributed by atoms with van der Waals surface area (Å²) in [6.45, 7) is 4.60. The van der Waals surface area contributed by atoms with Gasteiger partial charge < -0.3 is 0 Å². The zero-order valence-electron chi connectivity index (χ0n) is 23.8. The van der Waals surface area contributed by atoms with Crippen molar-refractivity contribution >= 4 is 0 Å². The molecule has 0 fully saturated rings. The quantitative estimate of drug-likeness (QED) is 0.0885. The van der Waals surface area contributed by atoms with Crippen LogP contribution in [0.4, 0.5) is 0 Å². The van der Waals surface area contributed by atoms with Gasteiger partial charge in [-0.05, 0) is 61.1 Å². The van der Waals surface area contributed by atoms with Gasteiger partial charge in [0.05, 0.1) is 0 Å². The number of benzene rings is 2. The van der Waals surface area contributed by atoms with Crippen LogP contribution >= 0.6 is 0 Å². The lowest BCUT2D eigenvalue weighted by Crippen LogP contribution is -3.61. The van der Waals surface area contributed by atoms with Crippen LogP contribution in [-0.2, 0) is 12.8 Å². The van der Waals surface area contributed by atoms with Crippen molar-refractivity contribution in [2.45, 2.75) is 149 Å². The second kappa shape index (κ2) is 22.2. The molecule has 0 aliphatic carbocycles. The Labute approximate surface area is 235 Å². The number of halogens is 1. The fourth-order valence-corrected chi connectivity index (χ4v) is 7.17. The SMILES string of the molecule is CCCCCCCCCCCCc1ccc([I+]c2ccc(CCCCCCCCCCC)cc2)cc1. The van der Waals surface area contributed by atoms with Gasteiger partial charge in [0.2, 0.25) is 0 Å². The van der Waals surface area contributed by atoms with E-state index in [1.54, 1.807) is 7.14 Å². The zero-order chi connectivity index (χ0) is 25.5. The van der Waals surface area contributed by atoms with E-state index in [0.29, 0.717) is 0 Å². The molecule has 0 saturated carbocycles. The molecule has 0 saturated heterocycles. The van der Waals surface area contributed by atoms with E-state index < -0.39 is 0 Å². The molecule has 0 bridgehead atoms. The molecule has 0 heterocycles. The van der Waals surface area contributed by atoms with Gasteiger partial charge in [0.25, 0.3) is 0 Å². The van der Waals surface area contributed by atoms with Gasteiger partial charge in [-0.3, -0.25) is 0 Å². The Bertz CT molecular complexity index is 730. The number of rotatable bonds is 23. The molecule has 0 atom stereocenters. The van der Waals surface area contributed by atoms with E-state index in [4.69, 9.17) is 0 Å². The van der Waals surface area contributed by atoms with Crippen molar-refractivity contribution in [2.24, 2.45) is 0 Å². The molecular formula is C35H56I+. The average molecular weight is 604 g/mol. The van der Waals surface area contributed by atoms with Crippen molar-refractivity contribution in [1.29, 1.82) is 0 Å². The van der Waals surface area contributed by atoms with Gasteiger partial charge in [0.1, 0.15) is 0 Å². The molecule has 1 heteroatoms. The maximum atomic E-state index is 2.40. The Kier molecular flexibility index (Phi) is 19.3. The molecule has 0 radical (unpaired) electrons. The molecule has 2 rings (SSSR count). The summed E-state index contributed by atoms with van der Waals surface area (Å²) in [7, 11) is 0. The van der Waals surface area contributed by atoms with E-state index in [2.05, 4.69) is 62.4 Å². The average Bonchev–Trinajstić information content (AvgIpc) is 2.90. The minimum atomic E-state index is -0.0561. The van der Waals surface area contributed by atoms with Crippen LogP contribution in [0.1, 0.15) is 147 Å². The lowest BCUT2D eigenvalue weighted by molar-refractivity contribution is -0.597. The maximum absolute atomic E-state index is 2.40. The molecule has 202 valence electrons. The first-order chi connectivity index (χ1) is 17.8. The van der Waals surface area contributed by atoms with Gasteiger partial charge in [0, 0.05) is 0 Å². The first kappa shape index (κ1) is 31.4. The van der Waals surface area contributed by atoms with E-state index in [1.807, 2.05) is 0 Å². The van der Waals surface area contributed by atoms with Crippen molar-refractivity contribution in [1.82, 2.24) is 0 Å². The first-order valence-electron chi connectivity index (χ1n) is 15.6. The summed E-state index contributed by atoms with van der Waals surface area (Å²) in [6.07, 6.45) is 29.4. The van der Waals surface area contributed by atoms with E-state index in [9.17, 15) is 0 Å². The highest BCUT2D eigenvalue weighted by molar-refractivity contribution is 5.16. The Morgan fingerprint density at radius 2 is 0.639 bits per heavy atom. The summed E-state index contributed by atoms with van der Waals surface area (Å²) in [5.74, 6) is 0. The third kappa shape index (κ3) is 16.1. The molecule has 0 unspecified atom stereocenters. The molecule has 0 aromatic heterocycles. The van der Waals surface area contributed by atoms with Crippen LogP contribution in [0.2, 0.25) is 0 Å². The minimum Gasteiger partial charge on any atom is -0.0654 e. The monoisotopic (exact) mass is 603 g/mol. The molecular weight excluding hydrogens is 547 g/mol. The fourth-order valence-electron chi connectivity index (χ4n) is 5.01. The summed E-state index contributed by atoms with van der Waals surface area (Å²) < 4.78 is 3.10. The molecule has 0 spiro atoms. The standard InChI is InChI=1S/C35H56I/c1-3-5-7-9-11-13-15-17-19-21-23-33-26-30-35(31-27-33)36-34-28-24-32(25-29-34)22-20-18-16-14-12-10-8-6-4-2/h24-31H,3-23H2,1-2H3/q+1. The van der Waals surface area contributed by atoms with Crippen molar-refractivity contribution < 1.29 is 21.2 Å². The van der Waals surface area contributed by atoms with Crippen LogP contribution in [0.5, 0.6) is 0 Å². The lowest BCUT2D eigenvalue weighted by Gasteiger charge is -2.03. The second-order valence-corrected chi connectivity index (χ2v) is 13.9. The van der Waals surface area contributed by atoms with E-state index in [1.165, 1.54) is 146 Å². The molecule has 2 aromatic carbocycles. The van der Waals surface area contributed by atoms with Crippen molar-refractivity contribution in [3.05, 3.63) is 66.8 Å². The topological polar surface area (TPSA) is 0 Å². The Morgan fingerprint density at radius 3 is 0.944 bits per heavy atom.